The number of hydrogen-bond donors (Lipinski definition) is 1. The summed E-state index contributed by atoms with van der Waals surface area (Å²) in [7, 11) is -2.28. The van der Waals surface area contributed by atoms with Gasteiger partial charge in [0.1, 0.15) is 12.4 Å². The van der Waals surface area contributed by atoms with Gasteiger partial charge in [0.15, 0.2) is 5.69 Å². The Morgan fingerprint density at radius 1 is 0.465 bits per heavy atom. The average molecular weight is 1450 g/mol. The molecule has 10 aromatic carbocycles. The van der Waals surface area contributed by atoms with Crippen LogP contribution >= 0.6 is 47.0 Å². The maximum atomic E-state index is 12.5. The van der Waals surface area contributed by atoms with Crippen LogP contribution in [-0.2, 0) is 86.1 Å². The third kappa shape index (κ3) is 20.3. The van der Waals surface area contributed by atoms with Crippen molar-refractivity contribution in [3.05, 3.63) is 274 Å². The monoisotopic (exact) mass is 1450 g/mol. The minimum absolute atomic E-state index is 0. The quantitative estimate of drug-likeness (QED) is 0.0546. The van der Waals surface area contributed by atoms with E-state index in [1.165, 1.54) is 88.8 Å². The fourth-order valence-corrected chi connectivity index (χ4v) is 15.4. The number of ether oxygens (including phenoxy) is 1. The Balaban J connectivity index is 0.000000136. The van der Waals surface area contributed by atoms with Crippen LogP contribution in [0.5, 0.6) is 5.75 Å². The van der Waals surface area contributed by atoms with Gasteiger partial charge in [-0.15, -0.1) is 11.8 Å². The maximum Gasteiger partial charge on any atom is 0.491 e. The van der Waals surface area contributed by atoms with E-state index in [0.717, 1.165) is 84.4 Å². The molecule has 5 aliphatic heterocycles. The minimum atomic E-state index is -4.39. The van der Waals surface area contributed by atoms with Crippen LogP contribution in [0.25, 0.3) is 4.85 Å². The highest BCUT2D eigenvalue weighted by molar-refractivity contribution is 8.00. The molecule has 0 radical (unpaired) electrons. The van der Waals surface area contributed by atoms with Crippen LogP contribution in [0.4, 0.5) is 32.0 Å². The maximum absolute atomic E-state index is 12.5. The van der Waals surface area contributed by atoms with Crippen molar-refractivity contribution in [3.63, 3.8) is 0 Å². The topological polar surface area (TPSA) is 97.0 Å². The Hall–Kier alpha value is -7.30. The van der Waals surface area contributed by atoms with Gasteiger partial charge in [-0.3, -0.25) is 0 Å². The molecule has 0 saturated carbocycles. The molecule has 101 heavy (non-hydrogen) atoms. The van der Waals surface area contributed by atoms with Crippen molar-refractivity contribution in [3.8, 4) is 5.75 Å². The Bertz CT molecular complexity index is 4560. The molecule has 0 saturated heterocycles. The lowest BCUT2D eigenvalue weighted by Gasteiger charge is -2.08. The highest BCUT2D eigenvalue weighted by Gasteiger charge is 2.33. The number of rotatable bonds is 12. The third-order valence-corrected chi connectivity index (χ3v) is 22.1. The van der Waals surface area contributed by atoms with Gasteiger partial charge in [0.2, 0.25) is 0 Å². The summed E-state index contributed by atoms with van der Waals surface area (Å²) in [5.74, 6) is 0.842. The van der Waals surface area contributed by atoms with Crippen molar-refractivity contribution < 1.29 is 63.6 Å². The molecule has 5 heterocycles. The van der Waals surface area contributed by atoms with Gasteiger partial charge < -0.3 is 33.0 Å². The van der Waals surface area contributed by atoms with Crippen molar-refractivity contribution >= 4 is 126 Å². The summed E-state index contributed by atoms with van der Waals surface area (Å²) in [5, 5.41) is 9.68. The van der Waals surface area contributed by atoms with Crippen LogP contribution in [0.15, 0.2) is 256 Å². The number of hydrogen-bond acceptors (Lipinski definition) is 12. The van der Waals surface area contributed by atoms with E-state index in [2.05, 4.69) is 117 Å². The van der Waals surface area contributed by atoms with E-state index < -0.39 is 41.4 Å². The first kappa shape index (κ1) is 76.3. The summed E-state index contributed by atoms with van der Waals surface area (Å²) in [5.41, 5.74) is 13.0. The van der Waals surface area contributed by atoms with Crippen LogP contribution in [0.3, 0.4) is 0 Å². The molecule has 0 spiro atoms. The first-order chi connectivity index (χ1) is 48.0. The van der Waals surface area contributed by atoms with E-state index >= 15 is 0 Å². The van der Waals surface area contributed by atoms with Crippen LogP contribution in [0.1, 0.15) is 57.5 Å². The Morgan fingerprint density at radius 3 is 1.38 bits per heavy atom. The SMILES string of the molecule is C.CB1OCc2ccc(S(=O)c3ccc(C(F)(F)F)cc3)cc21.CB1OCc2ccc(Sc3ccc(C(F)(F)F)cc3)cc21.CSc1ccc(Sc2ccc3c(c2)B(C)OC3)cc1.Cc1ccc(Sc2ccc3c(c2)B(O)OC3)cc1.[C-]#[N+]c1cccc(COc2ccc3c(c2)COB3C)c1. The predicted molar refractivity (Wildman–Crippen MR) is 402 cm³/mol. The van der Waals surface area contributed by atoms with Gasteiger partial charge in [-0.2, -0.15) is 26.3 Å². The molecule has 0 fully saturated rings. The van der Waals surface area contributed by atoms with E-state index in [-0.39, 0.29) is 35.1 Å². The molecule has 0 amide bonds. The number of aryl methyl sites for hydroxylation is 1. The first-order valence-corrected chi connectivity index (χ1v) is 36.9. The lowest BCUT2D eigenvalue weighted by atomic mass is 9.64. The number of nitrogens with zero attached hydrogens (tertiary/aromatic N) is 1. The van der Waals surface area contributed by atoms with Gasteiger partial charge in [-0.25, -0.2) is 9.05 Å². The Kier molecular flexibility index (Phi) is 26.3. The number of fused-ring (bicyclic) bond motifs is 5. The average Bonchev–Trinajstić information content (AvgIpc) is 1.75. The van der Waals surface area contributed by atoms with E-state index in [9.17, 15) is 35.6 Å². The van der Waals surface area contributed by atoms with Crippen LogP contribution < -0.4 is 32.1 Å². The van der Waals surface area contributed by atoms with Crippen LogP contribution in [0.2, 0.25) is 27.3 Å². The second-order valence-corrected chi connectivity index (χ2v) is 29.8. The number of benzene rings is 10. The largest absolute Gasteiger partial charge is 0.491 e. The van der Waals surface area contributed by atoms with Crippen LogP contribution in [0, 0.1) is 13.5 Å². The van der Waals surface area contributed by atoms with E-state index in [1.807, 2.05) is 86.1 Å². The first-order valence-electron chi connectivity index (χ1n) is 32.0. The molecule has 9 nitrogen and oxygen atoms in total. The molecule has 10 aromatic rings. The number of alkyl halides is 6. The molecule has 1 N–H and O–H groups in total. The molecule has 0 bridgehead atoms. The van der Waals surface area contributed by atoms with Crippen molar-refractivity contribution in [2.24, 2.45) is 0 Å². The summed E-state index contributed by atoms with van der Waals surface area (Å²) < 4.78 is 121. The van der Waals surface area contributed by atoms with Gasteiger partial charge >= 0.3 is 47.1 Å². The fraction of sp³-hybridized carbons (Fsp3) is 0.197. The van der Waals surface area contributed by atoms with Crippen LogP contribution in [-0.4, -0.2) is 50.3 Å². The summed E-state index contributed by atoms with van der Waals surface area (Å²) in [6, 6.07) is 64.6. The smallest absolute Gasteiger partial charge is 0.489 e. The molecule has 0 aliphatic carbocycles. The Morgan fingerprint density at radius 2 is 0.871 bits per heavy atom. The molecular weight excluding hydrogens is 1380 g/mol. The van der Waals surface area contributed by atoms with Gasteiger partial charge in [0.25, 0.3) is 0 Å². The second kappa shape index (κ2) is 34.8. The highest BCUT2D eigenvalue weighted by atomic mass is 32.2. The van der Waals surface area contributed by atoms with Crippen molar-refractivity contribution in [2.75, 3.05) is 6.26 Å². The zero-order valence-electron chi connectivity index (χ0n) is 55.4. The fourth-order valence-electron chi connectivity index (χ4n) is 11.3. The molecular formula is C76H70B5F6NO8S5. The van der Waals surface area contributed by atoms with Gasteiger partial charge in [-0.05, 0) is 213 Å². The summed E-state index contributed by atoms with van der Waals surface area (Å²) in [6.45, 7) is 21.1. The van der Waals surface area contributed by atoms with E-state index in [4.69, 9.17) is 34.6 Å². The Labute approximate surface area is 608 Å². The van der Waals surface area contributed by atoms with Crippen molar-refractivity contribution in [2.45, 2.75) is 138 Å². The van der Waals surface area contributed by atoms with Crippen molar-refractivity contribution in [1.82, 2.24) is 0 Å². The zero-order valence-corrected chi connectivity index (χ0v) is 59.5. The number of halogens is 6. The van der Waals surface area contributed by atoms with Gasteiger partial charge in [-0.1, -0.05) is 148 Å². The summed E-state index contributed by atoms with van der Waals surface area (Å²) in [6.07, 6.45) is -6.58. The second-order valence-electron chi connectivity index (χ2n) is 24.0. The number of thioether (sulfide) groups is 1. The molecule has 0 aromatic heterocycles. The molecule has 514 valence electrons. The standard InChI is InChI=1S/C16H14BNO2.C15H12BF3O2S.C15H12BF3OS.C15H15BOS2.C14H13BO2S.CH4/c1-17-16-7-6-15(9-13(16)11-20-17)19-10-12-4-3-5-14(8-12)18-2;1-16-14-8-13(5-2-10(14)9-21-16)22(20)12-6-3-11(4-7-12)15(17,18)19;1-16-14-8-13(5-2-10(14)9-20-16)21-12-6-3-11(4-7-12)15(17,18)19;1-16-15-9-14(4-3-11(15)10-17-16)19-13-7-5-12(18-2)6-8-13;1-10-2-5-12(6-3-10)18-13-7-4-11-9-17-15(16)14(11)8-13;/h3-9H,10-11H2,1H3;2-8H,9H2,1H3;2-8H,9H2,1H3;3-9H,10H2,1-2H3;2-8,16H,9H2,1H3;1H4. The highest BCUT2D eigenvalue weighted by Crippen LogP contribution is 2.36. The zero-order chi connectivity index (χ0) is 70.7. The lowest BCUT2D eigenvalue weighted by Crippen LogP contribution is -2.27. The molecule has 1 unspecified atom stereocenters. The van der Waals surface area contributed by atoms with Gasteiger partial charge in [0, 0.05) is 44.1 Å². The normalized spacial score (nSPS) is 14.0. The van der Waals surface area contributed by atoms with E-state index in [0.29, 0.717) is 48.5 Å². The molecule has 15 rings (SSSR count). The summed E-state index contributed by atoms with van der Waals surface area (Å²) in [4.78, 5) is 12.3. The molecule has 1 atom stereocenters. The third-order valence-electron chi connectivity index (χ3n) is 17.0. The molecule has 5 aliphatic rings. The summed E-state index contributed by atoms with van der Waals surface area (Å²) >= 11 is 6.73. The molecule has 25 heteroatoms. The predicted octanol–water partition coefficient (Wildman–Crippen LogP) is 17.5. The minimum Gasteiger partial charge on any atom is -0.489 e. The van der Waals surface area contributed by atoms with Gasteiger partial charge in [0.05, 0.1) is 61.5 Å². The van der Waals surface area contributed by atoms with Crippen molar-refractivity contribution in [1.29, 1.82) is 0 Å². The lowest BCUT2D eigenvalue weighted by molar-refractivity contribution is -0.138. The van der Waals surface area contributed by atoms with E-state index in [1.54, 1.807) is 41.7 Å².